The van der Waals surface area contributed by atoms with Crippen LogP contribution in [0, 0.1) is 6.92 Å². The molecule has 1 rings (SSSR count). The lowest BCUT2D eigenvalue weighted by Gasteiger charge is -2.28. The topological polar surface area (TPSA) is 36.9 Å². The molecule has 1 aromatic rings. The summed E-state index contributed by atoms with van der Waals surface area (Å²) in [5.41, 5.74) is 1.08. The fourth-order valence-electron chi connectivity index (χ4n) is 1.89. The second-order valence-corrected chi connectivity index (χ2v) is 8.19. The summed E-state index contributed by atoms with van der Waals surface area (Å²) in [6.07, 6.45) is 0.0509. The first kappa shape index (κ1) is 16.7. The molecule has 0 fully saturated rings. The van der Waals surface area contributed by atoms with Crippen molar-refractivity contribution in [3.05, 3.63) is 22.2 Å². The molecule has 0 aliphatic heterocycles. The van der Waals surface area contributed by atoms with Crippen molar-refractivity contribution in [1.29, 1.82) is 0 Å². The van der Waals surface area contributed by atoms with Crippen molar-refractivity contribution in [1.82, 2.24) is 0 Å². The van der Waals surface area contributed by atoms with Gasteiger partial charge in [0.1, 0.15) is 5.75 Å². The van der Waals surface area contributed by atoms with Crippen molar-refractivity contribution in [2.75, 3.05) is 21.3 Å². The van der Waals surface area contributed by atoms with Gasteiger partial charge in [-0.2, -0.15) is 0 Å². The van der Waals surface area contributed by atoms with Gasteiger partial charge < -0.3 is 18.0 Å². The Morgan fingerprint density at radius 1 is 1.05 bits per heavy atom. The highest BCUT2D eigenvalue weighted by atomic mass is 79.9. The molecule has 0 aliphatic rings. The average molecular weight is 349 g/mol. The lowest BCUT2D eigenvalue weighted by Crippen LogP contribution is -2.55. The highest BCUT2D eigenvalue weighted by Gasteiger charge is 2.44. The summed E-state index contributed by atoms with van der Waals surface area (Å²) < 4.78 is 23.4. The molecule has 0 unspecified atom stereocenters. The van der Waals surface area contributed by atoms with Crippen LogP contribution in [0.15, 0.2) is 16.6 Å². The molecule has 19 heavy (non-hydrogen) atoms. The van der Waals surface area contributed by atoms with E-state index in [2.05, 4.69) is 15.9 Å². The first-order chi connectivity index (χ1) is 8.90. The quantitative estimate of drug-likeness (QED) is 0.740. The Hall–Kier alpha value is -0.403. The molecule has 6 heteroatoms. The molecular formula is C13H21BrO4Si. The highest BCUT2D eigenvalue weighted by molar-refractivity contribution is 9.10. The molecule has 0 heterocycles. The summed E-state index contributed by atoms with van der Waals surface area (Å²) >= 11 is 3.54. The van der Waals surface area contributed by atoms with Gasteiger partial charge in [0.15, 0.2) is 0 Å². The Bertz CT molecular complexity index is 425. The largest absolute Gasteiger partial charge is 0.540 e. The summed E-state index contributed by atoms with van der Waals surface area (Å²) in [6, 6.07) is 3.99. The number of hydrogen-bond acceptors (Lipinski definition) is 4. The molecule has 0 saturated carbocycles. The highest BCUT2D eigenvalue weighted by Crippen LogP contribution is 2.28. The van der Waals surface area contributed by atoms with Crippen molar-refractivity contribution >= 4 is 29.9 Å². The van der Waals surface area contributed by atoms with E-state index in [0.717, 1.165) is 21.0 Å². The van der Waals surface area contributed by atoms with Crippen LogP contribution in [0.1, 0.15) is 19.4 Å². The molecule has 0 aromatic heterocycles. The van der Waals surface area contributed by atoms with Gasteiger partial charge in [0.05, 0.1) is 15.8 Å². The molecule has 0 N–H and O–H groups in total. The lowest BCUT2D eigenvalue weighted by molar-refractivity contribution is 0.138. The lowest BCUT2D eigenvalue weighted by atomic mass is 10.2. The van der Waals surface area contributed by atoms with Crippen molar-refractivity contribution in [3.8, 4) is 5.75 Å². The van der Waals surface area contributed by atoms with Gasteiger partial charge in [-0.1, -0.05) is 0 Å². The van der Waals surface area contributed by atoms with Gasteiger partial charge in [0.2, 0.25) is 0 Å². The first-order valence-electron chi connectivity index (χ1n) is 6.03. The third kappa shape index (κ3) is 3.58. The maximum Gasteiger partial charge on any atom is 0.540 e. The van der Waals surface area contributed by atoms with Gasteiger partial charge in [0, 0.05) is 21.3 Å². The van der Waals surface area contributed by atoms with E-state index in [9.17, 15) is 0 Å². The van der Waals surface area contributed by atoms with E-state index in [0.29, 0.717) is 0 Å². The average Bonchev–Trinajstić information content (AvgIpc) is 2.35. The molecule has 0 radical (unpaired) electrons. The molecule has 0 saturated heterocycles. The van der Waals surface area contributed by atoms with E-state index in [1.54, 1.807) is 21.3 Å². The Morgan fingerprint density at radius 2 is 1.58 bits per heavy atom. The summed E-state index contributed by atoms with van der Waals surface area (Å²) in [5, 5.41) is 0.834. The number of halogens is 1. The molecular weight excluding hydrogens is 328 g/mol. The fraction of sp³-hybridized carbons (Fsp3) is 0.538. The predicted molar refractivity (Wildman–Crippen MR) is 81.1 cm³/mol. The molecule has 108 valence electrons. The number of rotatable bonds is 6. The Morgan fingerprint density at radius 3 is 2.00 bits per heavy atom. The number of ether oxygens (including phenoxy) is 1. The van der Waals surface area contributed by atoms with Gasteiger partial charge >= 0.3 is 8.80 Å². The van der Waals surface area contributed by atoms with Gasteiger partial charge in [-0.3, -0.25) is 0 Å². The fourth-order valence-corrected chi connectivity index (χ4v) is 4.78. The van der Waals surface area contributed by atoms with Gasteiger partial charge in [-0.25, -0.2) is 0 Å². The summed E-state index contributed by atoms with van der Waals surface area (Å²) in [4.78, 5) is 0. The minimum absolute atomic E-state index is 0.0509. The Balaban J connectivity index is 3.46. The van der Waals surface area contributed by atoms with E-state index in [4.69, 9.17) is 18.0 Å². The molecule has 0 bridgehead atoms. The monoisotopic (exact) mass is 348 g/mol. The second-order valence-electron chi connectivity index (χ2n) is 4.46. The van der Waals surface area contributed by atoms with E-state index in [1.165, 1.54) is 0 Å². The van der Waals surface area contributed by atoms with Gasteiger partial charge in [-0.15, -0.1) is 0 Å². The number of benzene rings is 1. The molecule has 0 atom stereocenters. The molecule has 1 aromatic carbocycles. The third-order valence-electron chi connectivity index (χ3n) is 2.68. The number of hydrogen-bond donors (Lipinski definition) is 0. The normalized spacial score (nSPS) is 12.0. The van der Waals surface area contributed by atoms with Crippen molar-refractivity contribution in [2.24, 2.45) is 0 Å². The van der Waals surface area contributed by atoms with Crippen LogP contribution in [0.5, 0.6) is 5.75 Å². The minimum atomic E-state index is -2.92. The van der Waals surface area contributed by atoms with E-state index in [-0.39, 0.29) is 6.10 Å². The minimum Gasteiger partial charge on any atom is -0.490 e. The van der Waals surface area contributed by atoms with Crippen LogP contribution in [0.2, 0.25) is 0 Å². The van der Waals surface area contributed by atoms with Crippen molar-refractivity contribution < 1.29 is 18.0 Å². The molecule has 0 amide bonds. The van der Waals surface area contributed by atoms with Crippen LogP contribution in [-0.4, -0.2) is 36.2 Å². The smallest absolute Gasteiger partial charge is 0.490 e. The first-order valence-corrected chi connectivity index (χ1v) is 8.54. The van der Waals surface area contributed by atoms with E-state index < -0.39 is 8.80 Å². The zero-order valence-electron chi connectivity index (χ0n) is 12.2. The Labute approximate surface area is 124 Å². The second kappa shape index (κ2) is 6.85. The summed E-state index contributed by atoms with van der Waals surface area (Å²) in [6.45, 7) is 5.96. The van der Waals surface area contributed by atoms with Gasteiger partial charge in [0.25, 0.3) is 0 Å². The third-order valence-corrected chi connectivity index (χ3v) is 5.91. The maximum absolute atomic E-state index is 5.89. The summed E-state index contributed by atoms with van der Waals surface area (Å²) in [7, 11) is 1.85. The van der Waals surface area contributed by atoms with Crippen molar-refractivity contribution in [3.63, 3.8) is 0 Å². The van der Waals surface area contributed by atoms with Crippen LogP contribution in [0.3, 0.4) is 0 Å². The van der Waals surface area contributed by atoms with Crippen molar-refractivity contribution in [2.45, 2.75) is 26.9 Å². The van der Waals surface area contributed by atoms with E-state index in [1.807, 2.05) is 32.9 Å². The van der Waals surface area contributed by atoms with E-state index >= 15 is 0 Å². The maximum atomic E-state index is 5.89. The Kier molecular flexibility index (Phi) is 6.00. The van der Waals surface area contributed by atoms with Crippen LogP contribution in [0.4, 0.5) is 0 Å². The van der Waals surface area contributed by atoms with Gasteiger partial charge in [-0.05, 0) is 54.4 Å². The standard InChI is InChI=1S/C13H21BrO4Si/c1-9(2)18-13-11(14)7-10(3)8-12(13)19(15-4,16-5)17-6/h7-9H,1-6H3. The predicted octanol–water partition coefficient (Wildman–Crippen LogP) is 2.63. The molecule has 4 nitrogen and oxygen atoms in total. The van der Waals surface area contributed by atoms with Crippen LogP contribution >= 0.6 is 15.9 Å². The zero-order valence-corrected chi connectivity index (χ0v) is 14.8. The zero-order chi connectivity index (χ0) is 14.6. The molecule has 0 aliphatic carbocycles. The van der Waals surface area contributed by atoms with Crippen LogP contribution < -0.4 is 9.92 Å². The molecule has 0 spiro atoms. The summed E-state index contributed by atoms with van der Waals surface area (Å²) in [5.74, 6) is 0.720. The van der Waals surface area contributed by atoms with Crippen LogP contribution in [-0.2, 0) is 13.3 Å². The SMILES string of the molecule is CO[Si](OC)(OC)c1cc(C)cc(Br)c1OC(C)C. The van der Waals surface area contributed by atoms with Crippen LogP contribution in [0.25, 0.3) is 0 Å². The number of aryl methyl sites for hydroxylation is 1.